The second-order valence-corrected chi connectivity index (χ2v) is 4.64. The first kappa shape index (κ1) is 13.2. The van der Waals surface area contributed by atoms with Gasteiger partial charge in [-0.05, 0) is 12.0 Å². The number of carbonyl (C=O) groups excluding carboxylic acids is 1. The number of nitrogens with zero attached hydrogens (tertiary/aromatic N) is 2. The Morgan fingerprint density at radius 3 is 2.89 bits per heavy atom. The van der Waals surface area contributed by atoms with Gasteiger partial charge in [0.2, 0.25) is 0 Å². The minimum atomic E-state index is -0.372. The van der Waals surface area contributed by atoms with Gasteiger partial charge in [0.15, 0.2) is 0 Å². The molecule has 1 aromatic carbocycles. The third-order valence-electron chi connectivity index (χ3n) is 3.13. The molecular weight excluding hydrogens is 240 g/mol. The van der Waals surface area contributed by atoms with E-state index in [0.717, 1.165) is 11.1 Å². The van der Waals surface area contributed by atoms with E-state index in [4.69, 9.17) is 10.00 Å². The zero-order valence-corrected chi connectivity index (χ0v) is 10.7. The van der Waals surface area contributed by atoms with E-state index < -0.39 is 0 Å². The highest BCUT2D eigenvalue weighted by Crippen LogP contribution is 2.24. The topological polar surface area (TPSA) is 53.3 Å². The average molecular weight is 256 g/mol. The predicted octanol–water partition coefficient (Wildman–Crippen LogP) is 2.87. The predicted molar refractivity (Wildman–Crippen MR) is 71.1 cm³/mol. The number of ether oxygens (including phenoxy) is 1. The molecule has 4 heteroatoms. The maximum atomic E-state index is 12.0. The monoisotopic (exact) mass is 256 g/mol. The van der Waals surface area contributed by atoms with Gasteiger partial charge in [-0.2, -0.15) is 5.26 Å². The van der Waals surface area contributed by atoms with Crippen molar-refractivity contribution in [2.75, 3.05) is 6.54 Å². The molecule has 1 fully saturated rings. The molecule has 0 bridgehead atoms. The van der Waals surface area contributed by atoms with E-state index in [2.05, 4.69) is 12.6 Å². The van der Waals surface area contributed by atoms with Crippen LogP contribution in [0, 0.1) is 11.3 Å². The van der Waals surface area contributed by atoms with Crippen molar-refractivity contribution >= 4 is 6.09 Å². The number of likely N-dealkylation sites (tertiary alicyclic amines) is 1. The molecule has 0 aliphatic carbocycles. The molecule has 1 aliphatic heterocycles. The first-order valence-corrected chi connectivity index (χ1v) is 6.21. The van der Waals surface area contributed by atoms with E-state index >= 15 is 0 Å². The lowest BCUT2D eigenvalue weighted by Crippen LogP contribution is -2.35. The molecule has 1 amide bonds. The van der Waals surface area contributed by atoms with Gasteiger partial charge < -0.3 is 4.74 Å². The van der Waals surface area contributed by atoms with Crippen LogP contribution in [0.1, 0.15) is 18.4 Å². The molecule has 0 saturated carbocycles. The Hall–Kier alpha value is -2.28. The fourth-order valence-electron chi connectivity index (χ4n) is 2.18. The van der Waals surface area contributed by atoms with Gasteiger partial charge in [-0.3, -0.25) is 4.90 Å². The summed E-state index contributed by atoms with van der Waals surface area (Å²) >= 11 is 0. The number of nitriles is 1. The minimum absolute atomic E-state index is 0.0965. The second kappa shape index (κ2) is 6.05. The summed E-state index contributed by atoms with van der Waals surface area (Å²) < 4.78 is 5.27. The first-order chi connectivity index (χ1) is 9.20. The normalized spacial score (nSPS) is 18.2. The molecule has 1 saturated heterocycles. The highest BCUT2D eigenvalue weighted by atomic mass is 16.6. The highest BCUT2D eigenvalue weighted by Gasteiger charge is 2.31. The number of hydrogen-bond acceptors (Lipinski definition) is 3. The van der Waals surface area contributed by atoms with Crippen LogP contribution in [-0.4, -0.2) is 23.6 Å². The molecule has 0 N–H and O–H groups in total. The fourth-order valence-corrected chi connectivity index (χ4v) is 2.18. The molecule has 98 valence electrons. The largest absolute Gasteiger partial charge is 0.445 e. The Morgan fingerprint density at radius 2 is 2.21 bits per heavy atom. The second-order valence-electron chi connectivity index (χ2n) is 4.64. The Morgan fingerprint density at radius 1 is 1.47 bits per heavy atom. The molecule has 2 rings (SSSR count). The van der Waals surface area contributed by atoms with Gasteiger partial charge in [0.1, 0.15) is 6.61 Å². The first-order valence-electron chi connectivity index (χ1n) is 6.21. The summed E-state index contributed by atoms with van der Waals surface area (Å²) in [5, 5.41) is 8.76. The van der Waals surface area contributed by atoms with Gasteiger partial charge in [-0.1, -0.05) is 42.5 Å². The van der Waals surface area contributed by atoms with E-state index in [-0.39, 0.29) is 18.7 Å². The molecule has 1 aromatic rings. The summed E-state index contributed by atoms with van der Waals surface area (Å²) in [5.74, 6) is 0. The van der Waals surface area contributed by atoms with Crippen molar-refractivity contribution in [3.05, 3.63) is 48.0 Å². The molecule has 0 radical (unpaired) electrons. The quantitative estimate of drug-likeness (QED) is 0.781. The molecule has 1 atom stereocenters. The summed E-state index contributed by atoms with van der Waals surface area (Å²) in [4.78, 5) is 13.6. The van der Waals surface area contributed by atoms with Crippen molar-refractivity contribution in [2.45, 2.75) is 25.5 Å². The molecule has 0 spiro atoms. The van der Waals surface area contributed by atoms with Gasteiger partial charge >= 0.3 is 6.09 Å². The van der Waals surface area contributed by atoms with E-state index in [9.17, 15) is 4.79 Å². The Bertz CT molecular complexity index is 505. The van der Waals surface area contributed by atoms with E-state index in [1.54, 1.807) is 4.90 Å². The highest BCUT2D eigenvalue weighted by molar-refractivity contribution is 5.69. The van der Waals surface area contributed by atoms with Crippen molar-refractivity contribution in [3.8, 4) is 6.07 Å². The summed E-state index contributed by atoms with van der Waals surface area (Å²) in [6.07, 6.45) is 0.635. The summed E-state index contributed by atoms with van der Waals surface area (Å²) in [7, 11) is 0. The number of benzene rings is 1. The lowest BCUT2D eigenvalue weighted by molar-refractivity contribution is 0.0932. The molecule has 19 heavy (non-hydrogen) atoms. The van der Waals surface area contributed by atoms with Crippen LogP contribution in [0.4, 0.5) is 4.79 Å². The maximum Gasteiger partial charge on any atom is 0.410 e. The van der Waals surface area contributed by atoms with Crippen molar-refractivity contribution < 1.29 is 9.53 Å². The third-order valence-corrected chi connectivity index (χ3v) is 3.13. The van der Waals surface area contributed by atoms with Crippen molar-refractivity contribution in [2.24, 2.45) is 0 Å². The zero-order valence-electron chi connectivity index (χ0n) is 10.7. The van der Waals surface area contributed by atoms with E-state index in [1.165, 1.54) is 0 Å². The Balaban J connectivity index is 1.92. The number of carbonyl (C=O) groups is 1. The smallest absolute Gasteiger partial charge is 0.410 e. The minimum Gasteiger partial charge on any atom is -0.445 e. The Labute approximate surface area is 112 Å². The molecule has 1 aliphatic rings. The fraction of sp³-hybridized carbons (Fsp3) is 0.333. The van der Waals surface area contributed by atoms with Crippen LogP contribution in [0.3, 0.4) is 0 Å². The standard InChI is InChI=1S/C15H16N2O2/c1-12-9-14(7-8-16)17(10-12)15(18)19-11-13-5-3-2-4-6-13/h2-6,14H,1,7,9-11H2. The molecule has 0 aromatic heterocycles. The number of hydrogen-bond donors (Lipinski definition) is 0. The number of amides is 1. The van der Waals surface area contributed by atoms with E-state index in [0.29, 0.717) is 19.4 Å². The summed E-state index contributed by atoms with van der Waals surface area (Å²) in [5.41, 5.74) is 1.92. The summed E-state index contributed by atoms with van der Waals surface area (Å²) in [6.45, 7) is 4.62. The maximum absolute atomic E-state index is 12.0. The van der Waals surface area contributed by atoms with Crippen LogP contribution in [0.15, 0.2) is 42.5 Å². The summed E-state index contributed by atoms with van der Waals surface area (Å²) in [6, 6.07) is 11.5. The van der Waals surface area contributed by atoms with E-state index in [1.807, 2.05) is 30.3 Å². The third kappa shape index (κ3) is 3.35. The van der Waals surface area contributed by atoms with Gasteiger partial charge in [0.25, 0.3) is 0 Å². The van der Waals surface area contributed by atoms with Crippen LogP contribution in [-0.2, 0) is 11.3 Å². The lowest BCUT2D eigenvalue weighted by Gasteiger charge is -2.21. The average Bonchev–Trinajstić information content (AvgIpc) is 2.79. The van der Waals surface area contributed by atoms with Crippen molar-refractivity contribution in [3.63, 3.8) is 0 Å². The van der Waals surface area contributed by atoms with Crippen LogP contribution < -0.4 is 0 Å². The molecular formula is C15H16N2O2. The van der Waals surface area contributed by atoms with Gasteiger partial charge in [0.05, 0.1) is 18.5 Å². The Kier molecular flexibility index (Phi) is 4.19. The van der Waals surface area contributed by atoms with Crippen LogP contribution >= 0.6 is 0 Å². The molecule has 1 unspecified atom stereocenters. The SMILES string of the molecule is C=C1CC(CC#N)N(C(=O)OCc2ccccc2)C1. The van der Waals surface area contributed by atoms with Crippen molar-refractivity contribution in [1.29, 1.82) is 5.26 Å². The van der Waals surface area contributed by atoms with Gasteiger partial charge in [0, 0.05) is 6.54 Å². The zero-order chi connectivity index (χ0) is 13.7. The van der Waals surface area contributed by atoms with Crippen LogP contribution in [0.5, 0.6) is 0 Å². The molecule has 4 nitrogen and oxygen atoms in total. The molecule has 1 heterocycles. The van der Waals surface area contributed by atoms with Gasteiger partial charge in [-0.25, -0.2) is 4.79 Å². The number of rotatable bonds is 3. The lowest BCUT2D eigenvalue weighted by atomic mass is 10.1. The van der Waals surface area contributed by atoms with Crippen molar-refractivity contribution in [1.82, 2.24) is 4.90 Å². The van der Waals surface area contributed by atoms with Crippen LogP contribution in [0.2, 0.25) is 0 Å². The van der Waals surface area contributed by atoms with Crippen LogP contribution in [0.25, 0.3) is 0 Å². The van der Waals surface area contributed by atoms with Gasteiger partial charge in [-0.15, -0.1) is 0 Å².